The van der Waals surface area contributed by atoms with Gasteiger partial charge in [0.1, 0.15) is 16.3 Å². The SMILES string of the molecule is COc1cccc2sc(NC(=O)Cc3csc(-c4ccccc4)n3)nc12. The van der Waals surface area contributed by atoms with Crippen molar-refractivity contribution in [2.45, 2.75) is 6.42 Å². The van der Waals surface area contributed by atoms with Gasteiger partial charge in [0, 0.05) is 10.9 Å². The van der Waals surface area contributed by atoms with Crippen LogP contribution in [0.3, 0.4) is 0 Å². The van der Waals surface area contributed by atoms with E-state index in [9.17, 15) is 4.79 Å². The number of thiazole rings is 2. The number of carbonyl (C=O) groups is 1. The molecule has 1 amide bonds. The average Bonchev–Trinajstić information content (AvgIpc) is 3.28. The highest BCUT2D eigenvalue weighted by atomic mass is 32.1. The van der Waals surface area contributed by atoms with Crippen LogP contribution in [0, 0.1) is 0 Å². The van der Waals surface area contributed by atoms with Crippen LogP contribution in [-0.4, -0.2) is 23.0 Å². The molecule has 7 heteroatoms. The van der Waals surface area contributed by atoms with E-state index in [1.807, 2.05) is 53.9 Å². The number of nitrogens with one attached hydrogen (secondary N) is 1. The number of rotatable bonds is 5. The summed E-state index contributed by atoms with van der Waals surface area (Å²) in [6.45, 7) is 0. The number of amides is 1. The number of hydrogen-bond donors (Lipinski definition) is 1. The number of anilines is 1. The standard InChI is InChI=1S/C19H15N3O2S2/c1-24-14-8-5-9-15-17(14)22-19(26-15)21-16(23)10-13-11-25-18(20-13)12-6-3-2-4-7-12/h2-9,11H,10H2,1H3,(H,21,22,23). The number of aromatic nitrogens is 2. The van der Waals surface area contributed by atoms with Gasteiger partial charge in [0.05, 0.1) is 23.9 Å². The molecular formula is C19H15N3O2S2. The molecule has 1 N–H and O–H groups in total. The molecule has 2 aromatic carbocycles. The Morgan fingerprint density at radius 1 is 1.12 bits per heavy atom. The van der Waals surface area contributed by atoms with Crippen molar-refractivity contribution in [2.75, 3.05) is 12.4 Å². The maximum atomic E-state index is 12.3. The van der Waals surface area contributed by atoms with Gasteiger partial charge in [0.25, 0.3) is 0 Å². The first kappa shape index (κ1) is 16.7. The second-order valence-corrected chi connectivity index (χ2v) is 7.45. The lowest BCUT2D eigenvalue weighted by molar-refractivity contribution is -0.115. The van der Waals surface area contributed by atoms with Gasteiger partial charge < -0.3 is 10.1 Å². The molecule has 2 heterocycles. The zero-order valence-electron chi connectivity index (χ0n) is 13.9. The van der Waals surface area contributed by atoms with Crippen LogP contribution >= 0.6 is 22.7 Å². The van der Waals surface area contributed by atoms with Gasteiger partial charge in [0.2, 0.25) is 5.91 Å². The minimum absolute atomic E-state index is 0.132. The monoisotopic (exact) mass is 381 g/mol. The van der Waals surface area contributed by atoms with Crippen molar-refractivity contribution in [3.05, 3.63) is 59.6 Å². The van der Waals surface area contributed by atoms with E-state index in [2.05, 4.69) is 15.3 Å². The molecule has 130 valence electrons. The second-order valence-electron chi connectivity index (χ2n) is 5.56. The Balaban J connectivity index is 1.47. The number of methoxy groups -OCH3 is 1. The van der Waals surface area contributed by atoms with Crippen molar-refractivity contribution >= 4 is 43.9 Å². The lowest BCUT2D eigenvalue weighted by Crippen LogP contribution is -2.14. The fraction of sp³-hybridized carbons (Fsp3) is 0.105. The molecule has 0 aliphatic rings. The number of fused-ring (bicyclic) bond motifs is 1. The van der Waals surface area contributed by atoms with Crippen LogP contribution in [0.25, 0.3) is 20.8 Å². The summed E-state index contributed by atoms with van der Waals surface area (Å²) < 4.78 is 6.28. The topological polar surface area (TPSA) is 64.1 Å². The van der Waals surface area contributed by atoms with Gasteiger partial charge in [-0.15, -0.1) is 11.3 Å². The first-order valence-electron chi connectivity index (χ1n) is 7.96. The van der Waals surface area contributed by atoms with Crippen LogP contribution in [0.4, 0.5) is 5.13 Å². The average molecular weight is 381 g/mol. The van der Waals surface area contributed by atoms with Crippen LogP contribution in [0.2, 0.25) is 0 Å². The maximum absolute atomic E-state index is 12.3. The van der Waals surface area contributed by atoms with E-state index < -0.39 is 0 Å². The molecule has 0 atom stereocenters. The quantitative estimate of drug-likeness (QED) is 0.548. The van der Waals surface area contributed by atoms with E-state index in [0.29, 0.717) is 10.9 Å². The normalized spacial score (nSPS) is 10.8. The highest BCUT2D eigenvalue weighted by Gasteiger charge is 2.13. The summed E-state index contributed by atoms with van der Waals surface area (Å²) in [7, 11) is 1.61. The zero-order valence-corrected chi connectivity index (χ0v) is 15.6. The summed E-state index contributed by atoms with van der Waals surface area (Å²) in [6.07, 6.45) is 0.219. The molecule has 0 spiro atoms. The van der Waals surface area contributed by atoms with Crippen molar-refractivity contribution in [3.63, 3.8) is 0 Å². The van der Waals surface area contributed by atoms with Gasteiger partial charge in [-0.3, -0.25) is 4.79 Å². The van der Waals surface area contributed by atoms with Gasteiger partial charge in [-0.1, -0.05) is 47.7 Å². The second kappa shape index (κ2) is 7.23. The molecule has 2 aromatic heterocycles. The van der Waals surface area contributed by atoms with E-state index >= 15 is 0 Å². The maximum Gasteiger partial charge on any atom is 0.232 e. The predicted molar refractivity (Wildman–Crippen MR) is 106 cm³/mol. The number of benzene rings is 2. The zero-order chi connectivity index (χ0) is 17.9. The molecule has 0 radical (unpaired) electrons. The Hall–Kier alpha value is -2.77. The van der Waals surface area contributed by atoms with Crippen LogP contribution in [0.1, 0.15) is 5.69 Å². The largest absolute Gasteiger partial charge is 0.494 e. The molecule has 0 aliphatic carbocycles. The lowest BCUT2D eigenvalue weighted by Gasteiger charge is -1.99. The van der Waals surface area contributed by atoms with Crippen molar-refractivity contribution < 1.29 is 9.53 Å². The molecule has 0 bridgehead atoms. The van der Waals surface area contributed by atoms with Gasteiger partial charge >= 0.3 is 0 Å². The van der Waals surface area contributed by atoms with E-state index in [4.69, 9.17) is 4.74 Å². The number of para-hydroxylation sites is 1. The molecule has 26 heavy (non-hydrogen) atoms. The third kappa shape index (κ3) is 3.44. The molecule has 4 aromatic rings. The first-order chi connectivity index (χ1) is 12.7. The molecule has 5 nitrogen and oxygen atoms in total. The molecule has 0 aliphatic heterocycles. The smallest absolute Gasteiger partial charge is 0.232 e. The Labute approximate surface area is 158 Å². The van der Waals surface area contributed by atoms with Gasteiger partial charge in [-0.2, -0.15) is 0 Å². The van der Waals surface area contributed by atoms with Crippen molar-refractivity contribution in [2.24, 2.45) is 0 Å². The molecule has 0 fully saturated rings. The minimum Gasteiger partial charge on any atom is -0.494 e. The van der Waals surface area contributed by atoms with Crippen molar-refractivity contribution in [1.29, 1.82) is 0 Å². The molecule has 0 unspecified atom stereocenters. The van der Waals surface area contributed by atoms with E-state index in [-0.39, 0.29) is 12.3 Å². The van der Waals surface area contributed by atoms with E-state index in [1.165, 1.54) is 22.7 Å². The highest BCUT2D eigenvalue weighted by molar-refractivity contribution is 7.22. The van der Waals surface area contributed by atoms with E-state index in [1.54, 1.807) is 7.11 Å². The summed E-state index contributed by atoms with van der Waals surface area (Å²) in [5.41, 5.74) is 2.57. The summed E-state index contributed by atoms with van der Waals surface area (Å²) in [5.74, 6) is 0.569. The molecular weight excluding hydrogens is 366 g/mol. The summed E-state index contributed by atoms with van der Waals surface area (Å²) in [6, 6.07) is 15.7. The van der Waals surface area contributed by atoms with Crippen LogP contribution in [-0.2, 0) is 11.2 Å². The number of nitrogens with zero attached hydrogens (tertiary/aromatic N) is 2. The predicted octanol–water partition coefficient (Wildman–Crippen LogP) is 4.61. The number of carbonyl (C=O) groups excluding carboxylic acids is 1. The molecule has 0 saturated heterocycles. The fourth-order valence-electron chi connectivity index (χ4n) is 2.57. The summed E-state index contributed by atoms with van der Waals surface area (Å²) >= 11 is 2.97. The molecule has 4 rings (SSSR count). The highest BCUT2D eigenvalue weighted by Crippen LogP contribution is 2.32. The Bertz CT molecular complexity index is 1060. The molecule has 0 saturated carbocycles. The van der Waals surface area contributed by atoms with Gasteiger partial charge in [-0.25, -0.2) is 9.97 Å². The Kier molecular flexibility index (Phi) is 4.64. The minimum atomic E-state index is -0.132. The number of ether oxygens (including phenoxy) is 1. The Morgan fingerprint density at radius 2 is 1.96 bits per heavy atom. The summed E-state index contributed by atoms with van der Waals surface area (Å²) in [5, 5.41) is 6.26. The first-order valence-corrected chi connectivity index (χ1v) is 9.66. The number of hydrogen-bond acceptors (Lipinski definition) is 6. The third-order valence-corrected chi connectivity index (χ3v) is 5.64. The van der Waals surface area contributed by atoms with Gasteiger partial charge in [0.15, 0.2) is 5.13 Å². The fourth-order valence-corrected chi connectivity index (χ4v) is 4.30. The third-order valence-electron chi connectivity index (χ3n) is 3.76. The Morgan fingerprint density at radius 3 is 2.77 bits per heavy atom. The van der Waals surface area contributed by atoms with Crippen LogP contribution in [0.15, 0.2) is 53.9 Å². The van der Waals surface area contributed by atoms with Gasteiger partial charge in [-0.05, 0) is 12.1 Å². The van der Waals surface area contributed by atoms with Crippen molar-refractivity contribution in [3.8, 4) is 16.3 Å². The van der Waals surface area contributed by atoms with Crippen LogP contribution < -0.4 is 10.1 Å². The van der Waals surface area contributed by atoms with Crippen molar-refractivity contribution in [1.82, 2.24) is 9.97 Å². The van der Waals surface area contributed by atoms with Crippen LogP contribution in [0.5, 0.6) is 5.75 Å². The van der Waals surface area contributed by atoms with E-state index in [0.717, 1.165) is 26.5 Å². The summed E-state index contributed by atoms with van der Waals surface area (Å²) in [4.78, 5) is 21.4. The lowest BCUT2D eigenvalue weighted by atomic mass is 10.2.